The number of hydrogen-bond donors (Lipinski definition) is 0. The summed E-state index contributed by atoms with van der Waals surface area (Å²) in [6.45, 7) is 6.09. The van der Waals surface area contributed by atoms with E-state index in [1.165, 1.54) is 20.4 Å². The first-order valence-corrected chi connectivity index (χ1v) is 11.9. The number of halogens is 1. The van der Waals surface area contributed by atoms with Gasteiger partial charge in [0, 0.05) is 6.54 Å². The Bertz CT molecular complexity index is 1230. The van der Waals surface area contributed by atoms with Gasteiger partial charge in [0.1, 0.15) is 5.52 Å². The number of thiazole rings is 2. The fraction of sp³-hybridized carbons (Fsp3) is 0.211. The molecular formula is C19H19ClN4O4S2. The van der Waals surface area contributed by atoms with E-state index in [4.69, 9.17) is 18.6 Å². The van der Waals surface area contributed by atoms with Gasteiger partial charge in [-0.1, -0.05) is 35.6 Å². The molecule has 0 N–H and O–H groups in total. The number of hydrogen-bond acceptors (Lipinski definition) is 7. The second-order valence-corrected chi connectivity index (χ2v) is 8.72. The second kappa shape index (κ2) is 9.75. The summed E-state index contributed by atoms with van der Waals surface area (Å²) in [6.07, 6.45) is 1.69. The van der Waals surface area contributed by atoms with Crippen LogP contribution in [0.1, 0.15) is 13.8 Å². The van der Waals surface area contributed by atoms with E-state index in [-0.39, 0.29) is 0 Å². The molecule has 4 aromatic rings. The van der Waals surface area contributed by atoms with Gasteiger partial charge >= 0.3 is 5.13 Å². The van der Waals surface area contributed by atoms with Gasteiger partial charge < -0.3 is 4.57 Å². The normalized spacial score (nSPS) is 12.7. The number of nitrogens with zero attached hydrogens (tertiary/aromatic N) is 4. The van der Waals surface area contributed by atoms with Crippen LogP contribution in [0.3, 0.4) is 0 Å². The Morgan fingerprint density at radius 2 is 1.60 bits per heavy atom. The lowest BCUT2D eigenvalue weighted by atomic mass is 10.3. The Labute approximate surface area is 182 Å². The van der Waals surface area contributed by atoms with Gasteiger partial charge in [-0.05, 0) is 54.4 Å². The number of fused-ring (bicyclic) bond motifs is 2. The third-order valence-electron chi connectivity index (χ3n) is 4.15. The molecule has 0 radical (unpaired) electrons. The minimum atomic E-state index is -4.94. The van der Waals surface area contributed by atoms with E-state index in [0.717, 1.165) is 23.0 Å². The zero-order chi connectivity index (χ0) is 21.7. The largest absolute Gasteiger partial charge is 0.384 e. The van der Waals surface area contributed by atoms with Gasteiger partial charge in [0.25, 0.3) is 0 Å². The third kappa shape index (κ3) is 5.49. The number of rotatable bonds is 4. The van der Waals surface area contributed by atoms with Crippen molar-refractivity contribution in [3.05, 3.63) is 53.3 Å². The van der Waals surface area contributed by atoms with Crippen molar-refractivity contribution in [3.8, 4) is 0 Å². The number of aromatic nitrogens is 2. The summed E-state index contributed by atoms with van der Waals surface area (Å²) < 4.78 is 40.9. The standard InChI is InChI=1S/C19H19N4S2.ClHO4/c1-3-22-14-9-5-7-11-16(14)24-18(22)20-13-21-19-23(4-2)15-10-6-8-12-17(15)25-19;2-1(3,4)5/h5-13H,3-4H2,1-2H3;(H,2,3,4,5)/q+1;/p-1. The number of benzene rings is 2. The average Bonchev–Trinajstić information content (AvgIpc) is 3.23. The summed E-state index contributed by atoms with van der Waals surface area (Å²) in [6, 6.07) is 16.8. The molecule has 0 aliphatic carbocycles. The Hall–Kier alpha value is -2.18. The maximum atomic E-state index is 8.49. The van der Waals surface area contributed by atoms with Crippen molar-refractivity contribution in [1.29, 1.82) is 0 Å². The zero-order valence-corrected chi connectivity index (χ0v) is 18.6. The first-order chi connectivity index (χ1) is 14.3. The Kier molecular flexibility index (Phi) is 7.32. The van der Waals surface area contributed by atoms with Gasteiger partial charge in [0.05, 0.1) is 21.5 Å². The molecule has 0 amide bonds. The minimum absolute atomic E-state index is 0.897. The second-order valence-electron chi connectivity index (χ2n) is 5.94. The third-order valence-corrected chi connectivity index (χ3v) is 6.29. The van der Waals surface area contributed by atoms with Crippen LogP contribution in [0.2, 0.25) is 0 Å². The lowest BCUT2D eigenvalue weighted by Gasteiger charge is -2.17. The summed E-state index contributed by atoms with van der Waals surface area (Å²) in [7, 11) is -4.94. The maximum absolute atomic E-state index is 8.49. The molecule has 0 unspecified atom stereocenters. The predicted octanol–water partition coefficient (Wildman–Crippen LogP) is -0.250. The van der Waals surface area contributed by atoms with E-state index in [9.17, 15) is 0 Å². The van der Waals surface area contributed by atoms with Crippen LogP contribution in [0.25, 0.3) is 20.4 Å². The quantitative estimate of drug-likeness (QED) is 0.233. The molecule has 8 nitrogen and oxygen atoms in total. The van der Waals surface area contributed by atoms with Gasteiger partial charge in [0.15, 0.2) is 4.80 Å². The number of aryl methyl sites for hydroxylation is 2. The van der Waals surface area contributed by atoms with E-state index in [1.807, 2.05) is 0 Å². The summed E-state index contributed by atoms with van der Waals surface area (Å²) in [5.41, 5.74) is 2.46. The van der Waals surface area contributed by atoms with Gasteiger partial charge in [-0.15, -0.1) is 10.2 Å². The molecule has 0 bridgehead atoms. The van der Waals surface area contributed by atoms with Crippen molar-refractivity contribution in [3.63, 3.8) is 0 Å². The van der Waals surface area contributed by atoms with Crippen molar-refractivity contribution < 1.29 is 33.4 Å². The first-order valence-electron chi connectivity index (χ1n) is 8.99. The van der Waals surface area contributed by atoms with E-state index in [0.29, 0.717) is 0 Å². The molecule has 0 saturated heterocycles. The molecular weight excluding hydrogens is 448 g/mol. The average molecular weight is 467 g/mol. The molecule has 0 atom stereocenters. The molecule has 4 rings (SSSR count). The van der Waals surface area contributed by atoms with Crippen molar-refractivity contribution in [2.45, 2.75) is 26.9 Å². The molecule has 2 heterocycles. The van der Waals surface area contributed by atoms with Crippen LogP contribution < -0.4 is 28.0 Å². The Morgan fingerprint density at radius 1 is 0.967 bits per heavy atom. The lowest BCUT2D eigenvalue weighted by molar-refractivity contribution is -2.00. The van der Waals surface area contributed by atoms with Crippen LogP contribution in [0, 0.1) is 10.2 Å². The van der Waals surface area contributed by atoms with Crippen molar-refractivity contribution in [2.75, 3.05) is 0 Å². The van der Waals surface area contributed by atoms with Crippen LogP contribution in [-0.4, -0.2) is 10.9 Å². The first kappa shape index (κ1) is 22.5. The number of aliphatic imine (C=N–C) groups is 1. The molecule has 0 aliphatic heterocycles. The summed E-state index contributed by atoms with van der Waals surface area (Å²) in [5, 5.41) is 0.983. The summed E-state index contributed by atoms with van der Waals surface area (Å²) in [4.78, 5) is 10.3. The predicted molar refractivity (Wildman–Crippen MR) is 107 cm³/mol. The smallest absolute Gasteiger partial charge is 0.317 e. The summed E-state index contributed by atoms with van der Waals surface area (Å²) >= 11 is 3.40. The molecule has 0 spiro atoms. The maximum Gasteiger partial charge on any atom is 0.384 e. The summed E-state index contributed by atoms with van der Waals surface area (Å²) in [5.74, 6) is 0. The molecule has 0 fully saturated rings. The highest BCUT2D eigenvalue weighted by molar-refractivity contribution is 7.21. The van der Waals surface area contributed by atoms with E-state index in [1.54, 1.807) is 29.0 Å². The van der Waals surface area contributed by atoms with Crippen molar-refractivity contribution in [2.24, 2.45) is 9.98 Å². The molecule has 158 valence electrons. The van der Waals surface area contributed by atoms with Crippen LogP contribution in [0.15, 0.2) is 58.5 Å². The van der Waals surface area contributed by atoms with E-state index >= 15 is 0 Å². The van der Waals surface area contributed by atoms with Gasteiger partial charge in [0.2, 0.25) is 6.34 Å². The molecule has 0 aliphatic rings. The molecule has 2 aromatic heterocycles. The van der Waals surface area contributed by atoms with Crippen LogP contribution in [0.4, 0.5) is 5.13 Å². The fourth-order valence-corrected chi connectivity index (χ4v) is 5.10. The zero-order valence-electron chi connectivity index (χ0n) is 16.2. The van der Waals surface area contributed by atoms with E-state index < -0.39 is 10.2 Å². The van der Waals surface area contributed by atoms with Crippen molar-refractivity contribution >= 4 is 54.6 Å². The van der Waals surface area contributed by atoms with Crippen LogP contribution in [0.5, 0.6) is 0 Å². The highest BCUT2D eigenvalue weighted by Crippen LogP contribution is 2.25. The Morgan fingerprint density at radius 3 is 2.27 bits per heavy atom. The highest BCUT2D eigenvalue weighted by atomic mass is 35.7. The molecule has 30 heavy (non-hydrogen) atoms. The van der Waals surface area contributed by atoms with Gasteiger partial charge in [-0.25, -0.2) is 23.2 Å². The fourth-order valence-electron chi connectivity index (χ4n) is 2.98. The monoisotopic (exact) mass is 466 g/mol. The topological polar surface area (TPSA) is 126 Å². The SMILES string of the molecule is CCn1c(=NC=Nc2sc3ccccc3[n+]2CC)sc2ccccc21.[O-][Cl+3]([O-])([O-])[O-]. The van der Waals surface area contributed by atoms with Crippen LogP contribution >= 0.6 is 22.7 Å². The lowest BCUT2D eigenvalue weighted by Crippen LogP contribution is -2.68. The van der Waals surface area contributed by atoms with Gasteiger partial charge in [-0.3, -0.25) is 0 Å². The number of para-hydroxylation sites is 2. The van der Waals surface area contributed by atoms with Gasteiger partial charge in [-0.2, -0.15) is 4.99 Å². The molecule has 11 heteroatoms. The highest BCUT2D eigenvalue weighted by Gasteiger charge is 2.15. The Balaban J connectivity index is 0.000000461. The van der Waals surface area contributed by atoms with Crippen LogP contribution in [-0.2, 0) is 13.1 Å². The molecule has 2 aromatic carbocycles. The van der Waals surface area contributed by atoms with E-state index in [2.05, 4.69) is 81.5 Å². The van der Waals surface area contributed by atoms with Crippen molar-refractivity contribution in [1.82, 2.24) is 4.57 Å². The molecule has 0 saturated carbocycles. The minimum Gasteiger partial charge on any atom is -0.317 e.